The van der Waals surface area contributed by atoms with Crippen LogP contribution >= 0.6 is 0 Å². The first-order chi connectivity index (χ1) is 25.7. The van der Waals surface area contributed by atoms with E-state index < -0.39 is 58.5 Å². The largest absolute Gasteiger partial charge is 0.507 e. The molecule has 3 N–H and O–H groups in total. The highest BCUT2D eigenvalue weighted by atomic mass is 16.5. The zero-order chi connectivity index (χ0) is 37.0. The van der Waals surface area contributed by atoms with Crippen LogP contribution in [0.15, 0.2) is 121 Å². The van der Waals surface area contributed by atoms with Crippen LogP contribution in [0.5, 0.6) is 11.5 Å². The minimum absolute atomic E-state index is 0.0566. The molecule has 3 aliphatic carbocycles. The number of allylic oxidation sites excluding steroid dienone is 4. The smallest absolute Gasteiger partial charge is 0.339 e. The standard InChI is InChI=1S/C43H35NO9/c45-19-20-53-28-14-11-25(12-15-28)38-29-17-18-31-37(41(50)44(40(31)49)27-13-16-30(42(51)52)35(46)21-27)33(29)22-34-39(48)32(24-7-3-1-4-8-24)23-36(47)43(34,38)26-9-5-2-6-10-26/h1-17,21,23,31,33-34,37-38,45-46H,18-20,22H2,(H,51,52)/t31-,33+,34-,37-,38-,43-/m0/s1. The van der Waals surface area contributed by atoms with Crippen molar-refractivity contribution in [2.45, 2.75) is 24.2 Å². The number of aliphatic hydroxyl groups excluding tert-OH is 1. The van der Waals surface area contributed by atoms with Gasteiger partial charge in [-0.2, -0.15) is 0 Å². The van der Waals surface area contributed by atoms with Crippen molar-refractivity contribution in [3.05, 3.63) is 143 Å². The lowest BCUT2D eigenvalue weighted by Crippen LogP contribution is -2.58. The number of benzene rings is 4. The van der Waals surface area contributed by atoms with E-state index in [1.165, 1.54) is 12.1 Å². The number of hydrogen-bond acceptors (Lipinski definition) is 8. The average molecular weight is 710 g/mol. The fraction of sp³-hybridized carbons (Fsp3) is 0.233. The number of aromatic hydroxyl groups is 1. The second-order valence-corrected chi connectivity index (χ2v) is 13.9. The minimum Gasteiger partial charge on any atom is -0.507 e. The summed E-state index contributed by atoms with van der Waals surface area (Å²) in [5, 5.41) is 29.2. The van der Waals surface area contributed by atoms with Gasteiger partial charge in [-0.1, -0.05) is 84.4 Å². The van der Waals surface area contributed by atoms with Crippen molar-refractivity contribution in [3.63, 3.8) is 0 Å². The Hall–Kier alpha value is -6.13. The van der Waals surface area contributed by atoms with E-state index in [1.54, 1.807) is 24.3 Å². The first-order valence-corrected chi connectivity index (χ1v) is 17.6. The maximum absolute atomic E-state index is 15.1. The number of nitrogens with zero attached hydrogens (tertiary/aromatic N) is 1. The Balaban J connectivity index is 1.31. The highest BCUT2D eigenvalue weighted by Gasteiger charge is 2.66. The molecular weight excluding hydrogens is 674 g/mol. The van der Waals surface area contributed by atoms with E-state index in [1.807, 2.05) is 66.7 Å². The van der Waals surface area contributed by atoms with E-state index in [2.05, 4.69) is 0 Å². The van der Waals surface area contributed by atoms with Crippen molar-refractivity contribution in [1.29, 1.82) is 0 Å². The Labute approximate surface area is 304 Å². The molecule has 2 fully saturated rings. The van der Waals surface area contributed by atoms with Gasteiger partial charge < -0.3 is 20.1 Å². The molecule has 4 aromatic carbocycles. The van der Waals surface area contributed by atoms with Crippen molar-refractivity contribution in [2.75, 3.05) is 18.1 Å². The van der Waals surface area contributed by atoms with E-state index in [9.17, 15) is 29.7 Å². The summed E-state index contributed by atoms with van der Waals surface area (Å²) in [7, 11) is 0. The summed E-state index contributed by atoms with van der Waals surface area (Å²) in [4.78, 5) is 71.4. The molecule has 266 valence electrons. The number of carboxylic acid groups (broad SMARTS) is 1. The molecule has 0 radical (unpaired) electrons. The van der Waals surface area contributed by atoms with Gasteiger partial charge in [-0.25, -0.2) is 9.69 Å². The lowest BCUT2D eigenvalue weighted by Gasteiger charge is -2.55. The first kappa shape index (κ1) is 34.0. The maximum Gasteiger partial charge on any atom is 0.339 e. The quantitative estimate of drug-likeness (QED) is 0.159. The number of ketones is 2. The molecule has 4 aliphatic rings. The van der Waals surface area contributed by atoms with Crippen LogP contribution in [0.25, 0.3) is 5.57 Å². The van der Waals surface area contributed by atoms with Crippen molar-refractivity contribution in [2.24, 2.45) is 23.7 Å². The third kappa shape index (κ3) is 5.23. The topological polar surface area (TPSA) is 159 Å². The number of aromatic carboxylic acids is 1. The fourth-order valence-corrected chi connectivity index (χ4v) is 9.26. The maximum atomic E-state index is 15.1. The Morgan fingerprint density at radius 3 is 2.21 bits per heavy atom. The molecule has 4 aromatic rings. The number of fused-ring (bicyclic) bond motifs is 4. The molecule has 8 rings (SSSR count). The van der Waals surface area contributed by atoms with E-state index in [0.717, 1.165) is 28.2 Å². The lowest BCUT2D eigenvalue weighted by atomic mass is 9.44. The third-order valence-electron chi connectivity index (χ3n) is 11.4. The molecule has 10 heteroatoms. The first-order valence-electron chi connectivity index (χ1n) is 17.6. The number of amides is 2. The fourth-order valence-electron chi connectivity index (χ4n) is 9.26. The van der Waals surface area contributed by atoms with Gasteiger partial charge in [0, 0.05) is 23.5 Å². The minimum atomic E-state index is -1.39. The summed E-state index contributed by atoms with van der Waals surface area (Å²) < 4.78 is 5.65. The SMILES string of the molecule is O=C(O)c1ccc(N2C(=O)[C@H]3[C@H](CC=C4[C@H]3C[C@H]3C(=O)C(c5ccccc5)=CC(=O)[C@@]3(c3ccccc3)[C@H]4c3ccc(OCCO)cc3)C2=O)cc1O. The van der Waals surface area contributed by atoms with E-state index in [0.29, 0.717) is 22.4 Å². The third-order valence-corrected chi connectivity index (χ3v) is 11.4. The summed E-state index contributed by atoms with van der Waals surface area (Å²) in [5.41, 5.74) is 1.40. The number of phenols is 1. The molecule has 2 amide bonds. The van der Waals surface area contributed by atoms with Crippen LogP contribution in [-0.4, -0.2) is 57.9 Å². The second kappa shape index (κ2) is 13.1. The number of hydrogen-bond donors (Lipinski definition) is 3. The molecular formula is C43H35NO9. The highest BCUT2D eigenvalue weighted by Crippen LogP contribution is 2.63. The van der Waals surface area contributed by atoms with Crippen LogP contribution in [0, 0.1) is 23.7 Å². The van der Waals surface area contributed by atoms with Gasteiger partial charge in [0.25, 0.3) is 0 Å². The van der Waals surface area contributed by atoms with Crippen molar-refractivity contribution < 1.29 is 44.0 Å². The number of anilines is 1. The number of imide groups is 1. The molecule has 1 saturated heterocycles. The summed E-state index contributed by atoms with van der Waals surface area (Å²) >= 11 is 0. The Kier molecular flexibility index (Phi) is 8.42. The van der Waals surface area contributed by atoms with Gasteiger partial charge in [-0.3, -0.25) is 19.2 Å². The second-order valence-electron chi connectivity index (χ2n) is 13.9. The molecule has 1 heterocycles. The van der Waals surface area contributed by atoms with Gasteiger partial charge in [0.1, 0.15) is 23.7 Å². The zero-order valence-corrected chi connectivity index (χ0v) is 28.4. The Morgan fingerprint density at radius 2 is 1.55 bits per heavy atom. The molecule has 1 aliphatic heterocycles. The average Bonchev–Trinajstić information content (AvgIpc) is 3.44. The van der Waals surface area contributed by atoms with Crippen molar-refractivity contribution in [1.82, 2.24) is 0 Å². The molecule has 10 nitrogen and oxygen atoms in total. The number of ether oxygens (including phenoxy) is 1. The summed E-state index contributed by atoms with van der Waals surface area (Å²) in [6.07, 6.45) is 3.76. The Bertz CT molecular complexity index is 2230. The van der Waals surface area contributed by atoms with Crippen LogP contribution in [-0.2, 0) is 24.6 Å². The number of rotatable bonds is 8. The Morgan fingerprint density at radius 1 is 0.849 bits per heavy atom. The van der Waals surface area contributed by atoms with Gasteiger partial charge in [0.05, 0.1) is 29.5 Å². The summed E-state index contributed by atoms with van der Waals surface area (Å²) in [6.45, 7) is -0.0708. The number of carboxylic acids is 1. The van der Waals surface area contributed by atoms with Gasteiger partial charge in [-0.05, 0) is 65.8 Å². The molecule has 0 aromatic heterocycles. The molecule has 0 unspecified atom stereocenters. The van der Waals surface area contributed by atoms with E-state index >= 15 is 9.59 Å². The number of carbonyl (C=O) groups excluding carboxylic acids is 4. The van der Waals surface area contributed by atoms with Crippen LogP contribution < -0.4 is 9.64 Å². The zero-order valence-electron chi connectivity index (χ0n) is 28.4. The van der Waals surface area contributed by atoms with Gasteiger partial charge in [0.2, 0.25) is 11.8 Å². The van der Waals surface area contributed by atoms with Gasteiger partial charge >= 0.3 is 5.97 Å². The van der Waals surface area contributed by atoms with Crippen LogP contribution in [0.4, 0.5) is 5.69 Å². The monoisotopic (exact) mass is 709 g/mol. The van der Waals surface area contributed by atoms with Crippen LogP contribution in [0.2, 0.25) is 0 Å². The molecule has 1 saturated carbocycles. The van der Waals surface area contributed by atoms with Crippen LogP contribution in [0.3, 0.4) is 0 Å². The normalized spacial score (nSPS) is 26.3. The molecule has 0 spiro atoms. The predicted molar refractivity (Wildman–Crippen MR) is 193 cm³/mol. The summed E-state index contributed by atoms with van der Waals surface area (Å²) in [5.74, 6) is -6.72. The van der Waals surface area contributed by atoms with Gasteiger partial charge in [-0.15, -0.1) is 0 Å². The van der Waals surface area contributed by atoms with E-state index in [-0.39, 0.29) is 48.9 Å². The van der Waals surface area contributed by atoms with Crippen molar-refractivity contribution >= 4 is 40.6 Å². The highest BCUT2D eigenvalue weighted by molar-refractivity contribution is 6.32. The summed E-state index contributed by atoms with van der Waals surface area (Å²) in [6, 6.07) is 29.1. The number of Topliss-reactive ketones (excluding diaryl/α,β-unsaturated/α-hetero) is 1. The molecule has 53 heavy (non-hydrogen) atoms. The van der Waals surface area contributed by atoms with Gasteiger partial charge in [0.15, 0.2) is 11.6 Å². The number of carbonyl (C=O) groups is 5. The van der Waals surface area contributed by atoms with Crippen molar-refractivity contribution in [3.8, 4) is 11.5 Å². The molecule has 6 atom stereocenters. The predicted octanol–water partition coefficient (Wildman–Crippen LogP) is 5.49. The number of aliphatic hydroxyl groups is 1. The molecule has 0 bridgehead atoms. The van der Waals surface area contributed by atoms with Crippen LogP contribution in [0.1, 0.15) is 45.8 Å². The van der Waals surface area contributed by atoms with E-state index in [4.69, 9.17) is 4.74 Å². The lowest BCUT2D eigenvalue weighted by molar-refractivity contribution is -0.135.